The summed E-state index contributed by atoms with van der Waals surface area (Å²) in [5.74, 6) is -0.539. The smallest absolute Gasteiger partial charge is 0.321 e. The van der Waals surface area contributed by atoms with Crippen molar-refractivity contribution in [2.24, 2.45) is 0 Å². The van der Waals surface area contributed by atoms with Gasteiger partial charge in [-0.3, -0.25) is 4.79 Å². The molecule has 6 heteroatoms. The van der Waals surface area contributed by atoms with Crippen LogP contribution in [0.2, 0.25) is 0 Å². The molecule has 0 unspecified atom stereocenters. The molecule has 0 N–H and O–H groups in total. The number of hydrogen-bond acceptors (Lipinski definition) is 4. The molecular weight excluding hydrogens is 278 g/mol. The summed E-state index contributed by atoms with van der Waals surface area (Å²) in [7, 11) is -3.69. The predicted molar refractivity (Wildman–Crippen MR) is 77.0 cm³/mol. The lowest BCUT2D eigenvalue weighted by atomic mass is 10.2. The van der Waals surface area contributed by atoms with E-state index in [-0.39, 0.29) is 24.6 Å². The Morgan fingerprint density at radius 1 is 1.25 bits per heavy atom. The van der Waals surface area contributed by atoms with Crippen molar-refractivity contribution >= 4 is 16.0 Å². The number of likely N-dealkylation sites (N-methyl/N-ethyl adjacent to an activating group) is 1. The highest BCUT2D eigenvalue weighted by Crippen LogP contribution is 2.21. The largest absolute Gasteiger partial charge is 0.465 e. The van der Waals surface area contributed by atoms with E-state index in [9.17, 15) is 13.2 Å². The molecule has 0 saturated heterocycles. The van der Waals surface area contributed by atoms with Gasteiger partial charge >= 0.3 is 5.97 Å². The number of rotatable bonds is 6. The highest BCUT2D eigenvalue weighted by atomic mass is 32.2. The van der Waals surface area contributed by atoms with Crippen LogP contribution >= 0.6 is 0 Å². The molecule has 0 radical (unpaired) electrons. The first kappa shape index (κ1) is 16.7. The van der Waals surface area contributed by atoms with E-state index in [0.717, 1.165) is 9.87 Å². The van der Waals surface area contributed by atoms with Gasteiger partial charge in [-0.15, -0.1) is 0 Å². The van der Waals surface area contributed by atoms with Gasteiger partial charge in [-0.05, 0) is 38.0 Å². The van der Waals surface area contributed by atoms with Crippen LogP contribution in [0.3, 0.4) is 0 Å². The molecule has 0 spiro atoms. The highest BCUT2D eigenvalue weighted by molar-refractivity contribution is 7.89. The average molecular weight is 299 g/mol. The molecule has 112 valence electrons. The Morgan fingerprint density at radius 2 is 1.90 bits per heavy atom. The van der Waals surface area contributed by atoms with Gasteiger partial charge in [0.05, 0.1) is 11.5 Å². The monoisotopic (exact) mass is 299 g/mol. The lowest BCUT2D eigenvalue weighted by Crippen LogP contribution is -2.36. The van der Waals surface area contributed by atoms with Crippen molar-refractivity contribution in [3.8, 4) is 0 Å². The molecule has 1 rings (SSSR count). The molecule has 0 heterocycles. The number of carbonyl (C=O) groups excluding carboxylic acids is 1. The Balaban J connectivity index is 3.12. The van der Waals surface area contributed by atoms with Crippen LogP contribution in [0.5, 0.6) is 0 Å². The number of esters is 1. The minimum atomic E-state index is -3.69. The Bertz CT molecular complexity index is 581. The number of nitrogens with zero attached hydrogens (tertiary/aromatic N) is 1. The zero-order valence-corrected chi connectivity index (χ0v) is 13.2. The van der Waals surface area contributed by atoms with Crippen molar-refractivity contribution in [2.45, 2.75) is 32.6 Å². The van der Waals surface area contributed by atoms with Gasteiger partial charge < -0.3 is 4.74 Å². The molecule has 0 atom stereocenters. The van der Waals surface area contributed by atoms with E-state index in [4.69, 9.17) is 4.74 Å². The molecule has 1 aromatic carbocycles. The maximum atomic E-state index is 12.6. The Morgan fingerprint density at radius 3 is 2.45 bits per heavy atom. The van der Waals surface area contributed by atoms with E-state index in [1.54, 1.807) is 32.9 Å². The maximum absolute atomic E-state index is 12.6. The standard InChI is InChI=1S/C14H21NO4S/c1-5-15(10-14(16)19-6-2)20(17,18)13-9-11(3)7-8-12(13)4/h7-9H,5-6,10H2,1-4H3. The quantitative estimate of drug-likeness (QED) is 0.752. The zero-order chi connectivity index (χ0) is 15.3. The van der Waals surface area contributed by atoms with Gasteiger partial charge in [0, 0.05) is 6.54 Å². The van der Waals surface area contributed by atoms with E-state index in [0.29, 0.717) is 5.56 Å². The molecule has 0 saturated carbocycles. The number of benzene rings is 1. The summed E-state index contributed by atoms with van der Waals surface area (Å²) >= 11 is 0. The van der Waals surface area contributed by atoms with Crippen LogP contribution in [-0.2, 0) is 19.6 Å². The predicted octanol–water partition coefficient (Wildman–Crippen LogP) is 1.88. The van der Waals surface area contributed by atoms with E-state index in [2.05, 4.69) is 0 Å². The lowest BCUT2D eigenvalue weighted by molar-refractivity contribution is -0.143. The van der Waals surface area contributed by atoms with Crippen LogP contribution in [0.1, 0.15) is 25.0 Å². The second-order valence-electron chi connectivity index (χ2n) is 4.51. The molecule has 0 aliphatic carbocycles. The Kier molecular flexibility index (Phi) is 5.71. The molecule has 5 nitrogen and oxygen atoms in total. The fraction of sp³-hybridized carbons (Fsp3) is 0.500. The van der Waals surface area contributed by atoms with Crippen LogP contribution in [-0.4, -0.2) is 38.4 Å². The summed E-state index contributed by atoms with van der Waals surface area (Å²) in [6.45, 7) is 7.15. The van der Waals surface area contributed by atoms with E-state index >= 15 is 0 Å². The topological polar surface area (TPSA) is 63.7 Å². The fourth-order valence-electron chi connectivity index (χ4n) is 1.84. The van der Waals surface area contributed by atoms with Gasteiger partial charge in [0.15, 0.2) is 0 Å². The fourth-order valence-corrected chi connectivity index (χ4v) is 3.54. The van der Waals surface area contributed by atoms with Crippen molar-refractivity contribution in [1.29, 1.82) is 0 Å². The number of ether oxygens (including phenoxy) is 1. The van der Waals surface area contributed by atoms with Crippen molar-refractivity contribution in [3.05, 3.63) is 29.3 Å². The normalized spacial score (nSPS) is 11.7. The third-order valence-electron chi connectivity index (χ3n) is 2.92. The summed E-state index contributed by atoms with van der Waals surface area (Å²) in [6, 6.07) is 5.24. The minimum absolute atomic E-state index is 0.217. The minimum Gasteiger partial charge on any atom is -0.465 e. The van der Waals surface area contributed by atoms with Gasteiger partial charge in [-0.2, -0.15) is 4.31 Å². The number of aryl methyl sites for hydroxylation is 2. The summed E-state index contributed by atoms with van der Waals surface area (Å²) in [5.41, 5.74) is 1.53. The van der Waals surface area contributed by atoms with Crippen molar-refractivity contribution in [3.63, 3.8) is 0 Å². The van der Waals surface area contributed by atoms with Crippen molar-refractivity contribution < 1.29 is 17.9 Å². The number of sulfonamides is 1. The lowest BCUT2D eigenvalue weighted by Gasteiger charge is -2.20. The van der Waals surface area contributed by atoms with Crippen molar-refractivity contribution in [2.75, 3.05) is 19.7 Å². The third kappa shape index (κ3) is 3.80. The van der Waals surface area contributed by atoms with Crippen LogP contribution < -0.4 is 0 Å². The SMILES string of the molecule is CCOC(=O)CN(CC)S(=O)(=O)c1cc(C)ccc1C. The van der Waals surface area contributed by atoms with Crippen LogP contribution in [0.25, 0.3) is 0 Å². The van der Waals surface area contributed by atoms with Crippen LogP contribution in [0.15, 0.2) is 23.1 Å². The second-order valence-corrected chi connectivity index (χ2v) is 6.41. The summed E-state index contributed by atoms with van der Waals surface area (Å²) in [6.07, 6.45) is 0. The summed E-state index contributed by atoms with van der Waals surface area (Å²) < 4.78 is 31.1. The molecule has 0 fully saturated rings. The number of carbonyl (C=O) groups is 1. The van der Waals surface area contributed by atoms with Gasteiger partial charge in [0.25, 0.3) is 0 Å². The van der Waals surface area contributed by atoms with Gasteiger partial charge in [-0.25, -0.2) is 8.42 Å². The van der Waals surface area contributed by atoms with E-state index in [1.165, 1.54) is 0 Å². The van der Waals surface area contributed by atoms with Gasteiger partial charge in [-0.1, -0.05) is 19.1 Å². The average Bonchev–Trinajstić information content (AvgIpc) is 2.38. The van der Waals surface area contributed by atoms with Gasteiger partial charge in [0.2, 0.25) is 10.0 Å². The van der Waals surface area contributed by atoms with E-state index in [1.807, 2.05) is 13.0 Å². The zero-order valence-electron chi connectivity index (χ0n) is 12.3. The van der Waals surface area contributed by atoms with Gasteiger partial charge in [0.1, 0.15) is 6.54 Å². The molecule has 1 aromatic rings. The summed E-state index contributed by atoms with van der Waals surface area (Å²) in [4.78, 5) is 11.8. The first-order chi connectivity index (χ1) is 9.32. The van der Waals surface area contributed by atoms with Crippen molar-refractivity contribution in [1.82, 2.24) is 4.31 Å². The molecule has 0 aromatic heterocycles. The highest BCUT2D eigenvalue weighted by Gasteiger charge is 2.27. The Labute approximate surface area is 120 Å². The summed E-state index contributed by atoms with van der Waals surface area (Å²) in [5, 5.41) is 0. The third-order valence-corrected chi connectivity index (χ3v) is 4.99. The Hall–Kier alpha value is -1.40. The molecule has 0 amide bonds. The molecule has 20 heavy (non-hydrogen) atoms. The van der Waals surface area contributed by atoms with Crippen LogP contribution in [0.4, 0.5) is 0 Å². The first-order valence-electron chi connectivity index (χ1n) is 6.56. The molecule has 0 aliphatic rings. The molecule has 0 aliphatic heterocycles. The molecule has 0 bridgehead atoms. The van der Waals surface area contributed by atoms with Crippen LogP contribution in [0, 0.1) is 13.8 Å². The molecular formula is C14H21NO4S. The maximum Gasteiger partial charge on any atom is 0.321 e. The van der Waals surface area contributed by atoms with E-state index < -0.39 is 16.0 Å². The number of hydrogen-bond donors (Lipinski definition) is 0. The second kappa shape index (κ2) is 6.85. The first-order valence-corrected chi connectivity index (χ1v) is 8.00.